The molecule has 2 heterocycles. The van der Waals surface area contributed by atoms with Gasteiger partial charge in [-0.3, -0.25) is 0 Å². The fraction of sp³-hybridized carbons (Fsp3) is 0.200. The molecule has 7 nitrogen and oxygen atoms in total. The van der Waals surface area contributed by atoms with Gasteiger partial charge in [0.1, 0.15) is 17.1 Å². The summed E-state index contributed by atoms with van der Waals surface area (Å²) in [6, 6.07) is 14.9. The maximum atomic E-state index is 13.5. The van der Waals surface area contributed by atoms with Crippen LogP contribution in [0.15, 0.2) is 64.2 Å². The number of hydrogen-bond acceptors (Lipinski definition) is 6. The van der Waals surface area contributed by atoms with E-state index in [1.54, 1.807) is 29.3 Å². The fourth-order valence-electron chi connectivity index (χ4n) is 4.45. The van der Waals surface area contributed by atoms with Gasteiger partial charge in [0.2, 0.25) is 6.23 Å². The second kappa shape index (κ2) is 8.64. The highest BCUT2D eigenvalue weighted by Crippen LogP contribution is 2.50. The van der Waals surface area contributed by atoms with Gasteiger partial charge in [-0.05, 0) is 48.0 Å². The number of benzene rings is 3. The number of hydrogen-bond donors (Lipinski definition) is 1. The maximum absolute atomic E-state index is 13.5. The number of fused-ring (bicyclic) bond motifs is 3. The van der Waals surface area contributed by atoms with Gasteiger partial charge in [-0.15, -0.1) is 0 Å². The minimum atomic E-state index is -1.17. The molecule has 0 aliphatic carbocycles. The van der Waals surface area contributed by atoms with Crippen LogP contribution in [0.25, 0.3) is 0 Å². The van der Waals surface area contributed by atoms with Crippen LogP contribution in [0.5, 0.6) is 17.2 Å². The first-order valence-corrected chi connectivity index (χ1v) is 11.3. The molecule has 0 bridgehead atoms. The van der Waals surface area contributed by atoms with Crippen molar-refractivity contribution in [3.05, 3.63) is 87.1 Å². The Balaban J connectivity index is 1.67. The average molecular weight is 527 g/mol. The third-order valence-corrected chi connectivity index (χ3v) is 6.48. The Hall–Kier alpha value is -3.59. The number of carbonyl (C=O) groups is 1. The van der Waals surface area contributed by atoms with Crippen molar-refractivity contribution in [2.45, 2.75) is 18.7 Å². The van der Waals surface area contributed by atoms with E-state index in [0.29, 0.717) is 23.5 Å². The molecule has 174 valence electrons. The number of ether oxygens (including phenoxy) is 3. The van der Waals surface area contributed by atoms with Crippen molar-refractivity contribution in [2.24, 2.45) is 5.10 Å². The number of carboxylic acids is 1. The van der Waals surface area contributed by atoms with Gasteiger partial charge in [0, 0.05) is 22.0 Å². The molecule has 9 heteroatoms. The predicted octanol–water partition coefficient (Wildman–Crippen LogP) is 5.55. The molecule has 0 radical (unpaired) electrons. The van der Waals surface area contributed by atoms with Gasteiger partial charge < -0.3 is 19.3 Å². The van der Waals surface area contributed by atoms with Gasteiger partial charge in [0.25, 0.3) is 0 Å². The lowest BCUT2D eigenvalue weighted by Crippen LogP contribution is -2.34. The molecular weight excluding hydrogens is 507 g/mol. The quantitative estimate of drug-likeness (QED) is 0.469. The number of hydrazone groups is 1. The smallest absolute Gasteiger partial charge is 0.340 e. The van der Waals surface area contributed by atoms with Crippen LogP contribution in [-0.4, -0.2) is 36.0 Å². The number of rotatable bonds is 5. The lowest BCUT2D eigenvalue weighted by molar-refractivity contribution is -0.0199. The van der Waals surface area contributed by atoms with Crippen molar-refractivity contribution in [1.29, 1.82) is 0 Å². The minimum Gasteiger partial charge on any atom is -0.493 e. The molecule has 2 aliphatic rings. The average Bonchev–Trinajstić information content (AvgIpc) is 3.29. The molecule has 0 unspecified atom stereocenters. The second-order valence-electron chi connectivity index (χ2n) is 7.88. The molecule has 0 spiro atoms. The standard InChI is InChI=1S/C25H20BrFN2O5/c1-32-21-10-8-16(22(25(30)31)23(21)33-2)24-29-19(17-11-14(26)5-9-20(17)34-24)12-18(28-29)13-3-6-15(27)7-4-13/h3-11,19,24H,12H2,1-2H3,(H,30,31)/t19-,24+/m0/s1. The number of aromatic carboxylic acids is 1. The van der Waals surface area contributed by atoms with Crippen LogP contribution >= 0.6 is 15.9 Å². The fourth-order valence-corrected chi connectivity index (χ4v) is 4.83. The Morgan fingerprint density at radius 3 is 2.56 bits per heavy atom. The van der Waals surface area contributed by atoms with Crippen LogP contribution in [0.4, 0.5) is 4.39 Å². The SMILES string of the molecule is COc1ccc([C@H]2Oc3ccc(Br)cc3[C@@H]3CC(c4ccc(F)cc4)=NN23)c(C(=O)O)c1OC. The summed E-state index contributed by atoms with van der Waals surface area (Å²) in [5, 5.41) is 16.7. The van der Waals surface area contributed by atoms with Crippen molar-refractivity contribution >= 4 is 27.6 Å². The van der Waals surface area contributed by atoms with E-state index in [9.17, 15) is 14.3 Å². The van der Waals surface area contributed by atoms with Crippen molar-refractivity contribution in [3.8, 4) is 17.2 Å². The highest BCUT2D eigenvalue weighted by atomic mass is 79.9. The predicted molar refractivity (Wildman–Crippen MR) is 126 cm³/mol. The molecule has 3 aromatic carbocycles. The van der Waals surface area contributed by atoms with Crippen molar-refractivity contribution in [1.82, 2.24) is 5.01 Å². The number of carboxylic acid groups (broad SMARTS) is 1. The van der Waals surface area contributed by atoms with E-state index in [1.165, 1.54) is 26.4 Å². The second-order valence-corrected chi connectivity index (χ2v) is 8.79. The number of halogens is 2. The molecular formula is C25H20BrFN2O5. The Morgan fingerprint density at radius 2 is 1.88 bits per heavy atom. The molecule has 5 rings (SSSR count). The summed E-state index contributed by atoms with van der Waals surface area (Å²) in [7, 11) is 2.84. The van der Waals surface area contributed by atoms with Crippen LogP contribution in [0, 0.1) is 5.82 Å². The summed E-state index contributed by atoms with van der Waals surface area (Å²) in [4.78, 5) is 12.3. The van der Waals surface area contributed by atoms with Gasteiger partial charge in [-0.25, -0.2) is 14.2 Å². The molecule has 3 aromatic rings. The monoisotopic (exact) mass is 526 g/mol. The summed E-state index contributed by atoms with van der Waals surface area (Å²) >= 11 is 3.52. The molecule has 0 aromatic heterocycles. The Morgan fingerprint density at radius 1 is 1.12 bits per heavy atom. The van der Waals surface area contributed by atoms with Crippen LogP contribution in [-0.2, 0) is 0 Å². The first-order chi connectivity index (χ1) is 16.4. The molecule has 34 heavy (non-hydrogen) atoms. The largest absolute Gasteiger partial charge is 0.493 e. The van der Waals surface area contributed by atoms with Crippen molar-refractivity contribution in [2.75, 3.05) is 14.2 Å². The molecule has 1 N–H and O–H groups in total. The zero-order chi connectivity index (χ0) is 24.0. The van der Waals surface area contributed by atoms with Gasteiger partial charge in [0.05, 0.1) is 26.0 Å². The minimum absolute atomic E-state index is 0.0587. The van der Waals surface area contributed by atoms with Crippen LogP contribution in [0.3, 0.4) is 0 Å². The van der Waals surface area contributed by atoms with E-state index >= 15 is 0 Å². The van der Waals surface area contributed by atoms with Gasteiger partial charge in [0.15, 0.2) is 11.5 Å². The third kappa shape index (κ3) is 3.66. The maximum Gasteiger partial charge on any atom is 0.340 e. The Kier molecular flexibility index (Phi) is 5.65. The van der Waals surface area contributed by atoms with E-state index in [0.717, 1.165) is 21.3 Å². The number of methoxy groups -OCH3 is 2. The van der Waals surface area contributed by atoms with E-state index in [1.807, 2.05) is 18.2 Å². The molecule has 2 aliphatic heterocycles. The summed E-state index contributed by atoms with van der Waals surface area (Å²) in [6.45, 7) is 0. The summed E-state index contributed by atoms with van der Waals surface area (Å²) in [6.07, 6.45) is -0.285. The Labute approximate surface area is 203 Å². The lowest BCUT2D eigenvalue weighted by Gasteiger charge is -2.38. The van der Waals surface area contributed by atoms with Crippen LogP contribution < -0.4 is 14.2 Å². The van der Waals surface area contributed by atoms with E-state index in [-0.39, 0.29) is 23.2 Å². The molecule has 0 fully saturated rings. The number of nitrogens with zero attached hydrogens (tertiary/aromatic N) is 2. The lowest BCUT2D eigenvalue weighted by atomic mass is 9.95. The van der Waals surface area contributed by atoms with Crippen molar-refractivity contribution in [3.63, 3.8) is 0 Å². The van der Waals surface area contributed by atoms with Gasteiger partial charge in [-0.1, -0.05) is 28.1 Å². The highest BCUT2D eigenvalue weighted by Gasteiger charge is 2.43. The zero-order valence-corrected chi connectivity index (χ0v) is 19.9. The molecule has 0 saturated carbocycles. The molecule has 0 amide bonds. The van der Waals surface area contributed by atoms with Gasteiger partial charge in [-0.2, -0.15) is 5.10 Å². The summed E-state index contributed by atoms with van der Waals surface area (Å²) < 4.78 is 31.4. The first kappa shape index (κ1) is 22.2. The topological polar surface area (TPSA) is 80.6 Å². The van der Waals surface area contributed by atoms with E-state index in [4.69, 9.17) is 19.3 Å². The highest BCUT2D eigenvalue weighted by molar-refractivity contribution is 9.10. The first-order valence-electron chi connectivity index (χ1n) is 10.5. The van der Waals surface area contributed by atoms with Crippen molar-refractivity contribution < 1.29 is 28.5 Å². The molecule has 0 saturated heterocycles. The van der Waals surface area contributed by atoms with Crippen LogP contribution in [0.2, 0.25) is 0 Å². The van der Waals surface area contributed by atoms with Gasteiger partial charge >= 0.3 is 5.97 Å². The summed E-state index contributed by atoms with van der Waals surface area (Å²) in [5.74, 6) is -0.453. The normalized spacial score (nSPS) is 18.5. The Bertz CT molecular complexity index is 1310. The van der Waals surface area contributed by atoms with E-state index < -0.39 is 12.2 Å². The van der Waals surface area contributed by atoms with E-state index in [2.05, 4.69) is 15.9 Å². The molecule has 2 atom stereocenters. The third-order valence-electron chi connectivity index (χ3n) is 5.99. The van der Waals surface area contributed by atoms with Crippen LogP contribution in [0.1, 0.15) is 45.7 Å². The zero-order valence-electron chi connectivity index (χ0n) is 18.3. The summed E-state index contributed by atoms with van der Waals surface area (Å²) in [5.41, 5.74) is 2.79.